The minimum absolute atomic E-state index is 0.298. The van der Waals surface area contributed by atoms with Crippen LogP contribution in [0.15, 0.2) is 4.99 Å². The van der Waals surface area contributed by atoms with Gasteiger partial charge in [0.25, 0.3) is 0 Å². The largest absolute Gasteiger partial charge is 0.385 e. The van der Waals surface area contributed by atoms with E-state index in [2.05, 4.69) is 41.5 Å². The zero-order valence-electron chi connectivity index (χ0n) is 16.1. The zero-order chi connectivity index (χ0) is 17.7. The van der Waals surface area contributed by atoms with Gasteiger partial charge in [-0.3, -0.25) is 9.67 Å². The molecule has 1 aromatic rings. The van der Waals surface area contributed by atoms with Crippen LogP contribution in [-0.2, 0) is 18.2 Å². The summed E-state index contributed by atoms with van der Waals surface area (Å²) in [7, 11) is 5.60. The highest BCUT2D eigenvalue weighted by Gasteiger charge is 2.41. The first-order valence-electron chi connectivity index (χ1n) is 8.86. The van der Waals surface area contributed by atoms with Gasteiger partial charge in [-0.05, 0) is 57.4 Å². The SMILES string of the molecule is CN=C(NCC1(CCOC)CC1)NC(C)Cc1c(C)nn(C)c1C. The summed E-state index contributed by atoms with van der Waals surface area (Å²) in [4.78, 5) is 4.37. The highest BCUT2D eigenvalue weighted by Crippen LogP contribution is 2.48. The molecule has 2 rings (SSSR count). The standard InChI is InChI=1S/C18H33N5O/c1-13(11-16-14(2)22-23(5)15(16)3)21-17(19-4)20-12-18(7-8-18)9-10-24-6/h13H,7-12H2,1-6H3,(H2,19,20,21). The Morgan fingerprint density at radius 1 is 1.42 bits per heavy atom. The normalized spacial score (nSPS) is 17.7. The van der Waals surface area contributed by atoms with Crippen LogP contribution in [0.5, 0.6) is 0 Å². The van der Waals surface area contributed by atoms with Crippen LogP contribution in [0.2, 0.25) is 0 Å². The van der Waals surface area contributed by atoms with Crippen molar-refractivity contribution in [3.05, 3.63) is 17.0 Å². The summed E-state index contributed by atoms with van der Waals surface area (Å²) in [5.74, 6) is 0.880. The number of nitrogens with zero attached hydrogens (tertiary/aromatic N) is 3. The highest BCUT2D eigenvalue weighted by atomic mass is 16.5. The van der Waals surface area contributed by atoms with Crippen molar-refractivity contribution in [2.45, 2.75) is 52.5 Å². The van der Waals surface area contributed by atoms with Crippen molar-refractivity contribution in [1.82, 2.24) is 20.4 Å². The lowest BCUT2D eigenvalue weighted by Crippen LogP contribution is -2.45. The third-order valence-electron chi connectivity index (χ3n) is 5.20. The number of aliphatic imine (C=N–C) groups is 1. The zero-order valence-corrected chi connectivity index (χ0v) is 16.1. The minimum atomic E-state index is 0.298. The van der Waals surface area contributed by atoms with E-state index >= 15 is 0 Å². The highest BCUT2D eigenvalue weighted by molar-refractivity contribution is 5.80. The molecule has 1 heterocycles. The average Bonchev–Trinajstić information content (AvgIpc) is 3.29. The van der Waals surface area contributed by atoms with Crippen LogP contribution >= 0.6 is 0 Å². The molecule has 1 fully saturated rings. The van der Waals surface area contributed by atoms with Crippen molar-refractivity contribution < 1.29 is 4.74 Å². The Bertz CT molecular complexity index is 574. The lowest BCUT2D eigenvalue weighted by atomic mass is 10.0. The molecule has 0 radical (unpaired) electrons. The first-order chi connectivity index (χ1) is 11.4. The molecule has 0 aromatic carbocycles. The molecule has 1 unspecified atom stereocenters. The van der Waals surface area contributed by atoms with Gasteiger partial charge in [0.2, 0.25) is 0 Å². The number of hydrogen-bond donors (Lipinski definition) is 2. The van der Waals surface area contributed by atoms with E-state index < -0.39 is 0 Å². The molecular formula is C18H33N5O. The lowest BCUT2D eigenvalue weighted by molar-refractivity contribution is 0.172. The molecule has 6 heteroatoms. The Morgan fingerprint density at radius 3 is 2.62 bits per heavy atom. The van der Waals surface area contributed by atoms with Gasteiger partial charge in [-0.15, -0.1) is 0 Å². The third kappa shape index (κ3) is 4.72. The van der Waals surface area contributed by atoms with E-state index in [9.17, 15) is 0 Å². The molecule has 24 heavy (non-hydrogen) atoms. The van der Waals surface area contributed by atoms with Crippen LogP contribution in [0, 0.1) is 19.3 Å². The summed E-state index contributed by atoms with van der Waals surface area (Å²) in [6.45, 7) is 8.20. The van der Waals surface area contributed by atoms with Gasteiger partial charge < -0.3 is 15.4 Å². The van der Waals surface area contributed by atoms with Crippen molar-refractivity contribution in [2.24, 2.45) is 17.5 Å². The summed E-state index contributed by atoms with van der Waals surface area (Å²) >= 11 is 0. The quantitative estimate of drug-likeness (QED) is 0.563. The summed E-state index contributed by atoms with van der Waals surface area (Å²) in [6.07, 6.45) is 4.63. The summed E-state index contributed by atoms with van der Waals surface area (Å²) in [5, 5.41) is 11.5. The van der Waals surface area contributed by atoms with Crippen molar-refractivity contribution in [1.29, 1.82) is 0 Å². The van der Waals surface area contributed by atoms with E-state index in [0.717, 1.165) is 37.6 Å². The Morgan fingerprint density at radius 2 is 2.12 bits per heavy atom. The minimum Gasteiger partial charge on any atom is -0.385 e. The maximum atomic E-state index is 5.22. The smallest absolute Gasteiger partial charge is 0.191 e. The Balaban J connectivity index is 1.84. The van der Waals surface area contributed by atoms with Gasteiger partial charge in [0.15, 0.2) is 5.96 Å². The number of aryl methyl sites for hydroxylation is 2. The van der Waals surface area contributed by atoms with Gasteiger partial charge in [0, 0.05) is 46.1 Å². The fourth-order valence-electron chi connectivity index (χ4n) is 3.18. The monoisotopic (exact) mass is 335 g/mol. The van der Waals surface area contributed by atoms with Gasteiger partial charge in [0.1, 0.15) is 0 Å². The van der Waals surface area contributed by atoms with Crippen LogP contribution in [0.4, 0.5) is 0 Å². The van der Waals surface area contributed by atoms with Crippen molar-refractivity contribution in [2.75, 3.05) is 27.3 Å². The van der Waals surface area contributed by atoms with Gasteiger partial charge in [-0.1, -0.05) is 0 Å². The number of methoxy groups -OCH3 is 1. The molecule has 1 saturated carbocycles. The number of aromatic nitrogens is 2. The molecule has 1 aromatic heterocycles. The first kappa shape index (κ1) is 18.8. The van der Waals surface area contributed by atoms with Crippen molar-refractivity contribution in [3.8, 4) is 0 Å². The van der Waals surface area contributed by atoms with Crippen LogP contribution in [0.3, 0.4) is 0 Å². The molecule has 2 N–H and O–H groups in total. The molecule has 136 valence electrons. The Hall–Kier alpha value is -1.56. The van der Waals surface area contributed by atoms with Crippen LogP contribution in [-0.4, -0.2) is 49.1 Å². The van der Waals surface area contributed by atoms with E-state index in [1.165, 1.54) is 24.1 Å². The van der Waals surface area contributed by atoms with E-state index in [0.29, 0.717) is 11.5 Å². The Labute approximate surface area is 146 Å². The fourth-order valence-corrected chi connectivity index (χ4v) is 3.18. The number of nitrogens with one attached hydrogen (secondary N) is 2. The second kappa shape index (κ2) is 8.01. The lowest BCUT2D eigenvalue weighted by Gasteiger charge is -2.21. The molecule has 0 bridgehead atoms. The van der Waals surface area contributed by atoms with Gasteiger partial charge in [-0.25, -0.2) is 0 Å². The summed E-state index contributed by atoms with van der Waals surface area (Å²) in [5.41, 5.74) is 4.09. The molecule has 1 aliphatic rings. The predicted octanol–water partition coefficient (Wildman–Crippen LogP) is 1.95. The second-order valence-electron chi connectivity index (χ2n) is 7.19. The van der Waals surface area contributed by atoms with Crippen molar-refractivity contribution >= 4 is 5.96 Å². The summed E-state index contributed by atoms with van der Waals surface area (Å²) in [6, 6.07) is 0.298. The molecule has 6 nitrogen and oxygen atoms in total. The molecule has 0 spiro atoms. The molecule has 1 atom stereocenters. The predicted molar refractivity (Wildman–Crippen MR) is 98.5 cm³/mol. The fraction of sp³-hybridized carbons (Fsp3) is 0.778. The number of ether oxygens (including phenoxy) is 1. The van der Waals surface area contributed by atoms with Gasteiger partial charge in [0.05, 0.1) is 5.69 Å². The Kier molecular flexibility index (Phi) is 6.27. The van der Waals surface area contributed by atoms with Crippen LogP contribution < -0.4 is 10.6 Å². The van der Waals surface area contributed by atoms with Gasteiger partial charge in [-0.2, -0.15) is 5.10 Å². The third-order valence-corrected chi connectivity index (χ3v) is 5.20. The first-order valence-corrected chi connectivity index (χ1v) is 8.86. The number of rotatable bonds is 8. The van der Waals surface area contributed by atoms with E-state index in [4.69, 9.17) is 4.74 Å². The maximum Gasteiger partial charge on any atom is 0.191 e. The molecule has 0 amide bonds. The number of guanidine groups is 1. The van der Waals surface area contributed by atoms with Crippen LogP contribution in [0.1, 0.15) is 43.1 Å². The second-order valence-corrected chi connectivity index (χ2v) is 7.19. The molecular weight excluding hydrogens is 302 g/mol. The van der Waals surface area contributed by atoms with E-state index in [-0.39, 0.29) is 0 Å². The average molecular weight is 335 g/mol. The number of hydrogen-bond acceptors (Lipinski definition) is 3. The van der Waals surface area contributed by atoms with Gasteiger partial charge >= 0.3 is 0 Å². The molecule has 1 aliphatic carbocycles. The van der Waals surface area contributed by atoms with Crippen molar-refractivity contribution in [3.63, 3.8) is 0 Å². The maximum absolute atomic E-state index is 5.22. The molecule has 0 saturated heterocycles. The topological polar surface area (TPSA) is 63.5 Å². The van der Waals surface area contributed by atoms with Crippen LogP contribution in [0.25, 0.3) is 0 Å². The summed E-state index contributed by atoms with van der Waals surface area (Å²) < 4.78 is 7.18. The van der Waals surface area contributed by atoms with E-state index in [1.54, 1.807) is 7.11 Å². The molecule has 0 aliphatic heterocycles. The van der Waals surface area contributed by atoms with E-state index in [1.807, 2.05) is 18.8 Å².